The highest BCUT2D eigenvalue weighted by molar-refractivity contribution is 6.03. The lowest BCUT2D eigenvalue weighted by Crippen LogP contribution is -2.53. The summed E-state index contributed by atoms with van der Waals surface area (Å²) >= 11 is 0. The number of rotatable bonds is 3. The van der Waals surface area contributed by atoms with Crippen molar-refractivity contribution >= 4 is 29.9 Å². The van der Waals surface area contributed by atoms with Crippen LogP contribution in [0.4, 0.5) is 5.69 Å². The summed E-state index contributed by atoms with van der Waals surface area (Å²) in [5.41, 5.74) is 0.657. The van der Waals surface area contributed by atoms with Gasteiger partial charge in [-0.2, -0.15) is 0 Å². The molecule has 6 nitrogen and oxygen atoms in total. The molecule has 2 amide bonds. The Hall–Kier alpha value is -1.79. The van der Waals surface area contributed by atoms with Crippen molar-refractivity contribution < 1.29 is 14.3 Å². The van der Waals surface area contributed by atoms with E-state index in [2.05, 4.69) is 17.6 Å². The highest BCUT2D eigenvalue weighted by Gasteiger charge is 2.33. The average Bonchev–Trinajstić information content (AvgIpc) is 2.54. The number of halogens is 1. The third-order valence-corrected chi connectivity index (χ3v) is 4.51. The Morgan fingerprint density at radius 2 is 2.12 bits per heavy atom. The predicted octanol–water partition coefficient (Wildman–Crippen LogP) is 1.34. The normalized spacial score (nSPS) is 26.0. The van der Waals surface area contributed by atoms with E-state index in [4.69, 9.17) is 4.74 Å². The number of hydrogen-bond donors (Lipinski definition) is 2. The molecule has 0 aliphatic carbocycles. The van der Waals surface area contributed by atoms with E-state index in [1.807, 2.05) is 18.2 Å². The van der Waals surface area contributed by atoms with Gasteiger partial charge in [0.25, 0.3) is 5.91 Å². The van der Waals surface area contributed by atoms with Crippen LogP contribution in [-0.2, 0) is 9.59 Å². The van der Waals surface area contributed by atoms with Crippen LogP contribution in [0.1, 0.15) is 20.3 Å². The zero-order valence-corrected chi connectivity index (χ0v) is 14.8. The second-order valence-electron chi connectivity index (χ2n) is 6.30. The third kappa shape index (κ3) is 3.82. The maximum absolute atomic E-state index is 12.4. The molecule has 7 heteroatoms. The fraction of sp³-hybridized carbons (Fsp3) is 0.529. The van der Waals surface area contributed by atoms with Gasteiger partial charge in [-0.3, -0.25) is 14.5 Å². The van der Waals surface area contributed by atoms with Gasteiger partial charge in [0.2, 0.25) is 5.91 Å². The number of hydrogen-bond acceptors (Lipinski definition) is 4. The van der Waals surface area contributed by atoms with Crippen LogP contribution in [0.25, 0.3) is 0 Å². The second kappa shape index (κ2) is 7.85. The minimum absolute atomic E-state index is 0. The van der Waals surface area contributed by atoms with Gasteiger partial charge in [0, 0.05) is 6.04 Å². The lowest BCUT2D eigenvalue weighted by atomic mass is 9.95. The fourth-order valence-electron chi connectivity index (χ4n) is 3.15. The highest BCUT2D eigenvalue weighted by atomic mass is 35.5. The summed E-state index contributed by atoms with van der Waals surface area (Å²) in [6.45, 7) is 5.67. The zero-order chi connectivity index (χ0) is 16.4. The van der Waals surface area contributed by atoms with Crippen LogP contribution in [0.5, 0.6) is 5.75 Å². The van der Waals surface area contributed by atoms with Crippen LogP contribution in [0.3, 0.4) is 0 Å². The molecule has 1 aromatic carbocycles. The van der Waals surface area contributed by atoms with Crippen LogP contribution in [-0.4, -0.2) is 43.6 Å². The first-order valence-electron chi connectivity index (χ1n) is 8.13. The van der Waals surface area contributed by atoms with Crippen LogP contribution >= 0.6 is 12.4 Å². The van der Waals surface area contributed by atoms with Crippen molar-refractivity contribution in [3.05, 3.63) is 24.3 Å². The first-order valence-corrected chi connectivity index (χ1v) is 8.13. The lowest BCUT2D eigenvalue weighted by Gasteiger charge is -2.34. The van der Waals surface area contributed by atoms with E-state index >= 15 is 0 Å². The second-order valence-corrected chi connectivity index (χ2v) is 6.30. The Kier molecular flexibility index (Phi) is 6.07. The monoisotopic (exact) mass is 353 g/mol. The molecule has 0 radical (unpaired) electrons. The van der Waals surface area contributed by atoms with Crippen molar-refractivity contribution in [2.75, 3.05) is 24.5 Å². The third-order valence-electron chi connectivity index (χ3n) is 4.51. The van der Waals surface area contributed by atoms with Crippen LogP contribution in [0.15, 0.2) is 24.3 Å². The van der Waals surface area contributed by atoms with Crippen LogP contribution < -0.4 is 20.3 Å². The van der Waals surface area contributed by atoms with Crippen molar-refractivity contribution in [2.45, 2.75) is 32.4 Å². The van der Waals surface area contributed by atoms with E-state index in [-0.39, 0.29) is 36.8 Å². The van der Waals surface area contributed by atoms with E-state index < -0.39 is 6.10 Å². The summed E-state index contributed by atoms with van der Waals surface area (Å²) in [5.74, 6) is 0.722. The van der Waals surface area contributed by atoms with Crippen LogP contribution in [0.2, 0.25) is 0 Å². The molecule has 0 saturated carbocycles. The number of fused-ring (bicyclic) bond motifs is 1. The number of piperidine rings is 1. The Morgan fingerprint density at radius 3 is 2.88 bits per heavy atom. The van der Waals surface area contributed by atoms with E-state index in [9.17, 15) is 9.59 Å². The van der Waals surface area contributed by atoms with Gasteiger partial charge >= 0.3 is 0 Å². The van der Waals surface area contributed by atoms with E-state index in [1.54, 1.807) is 13.0 Å². The van der Waals surface area contributed by atoms with Crippen molar-refractivity contribution in [2.24, 2.45) is 5.92 Å². The molecule has 24 heavy (non-hydrogen) atoms. The van der Waals surface area contributed by atoms with Gasteiger partial charge in [-0.15, -0.1) is 12.4 Å². The number of para-hydroxylation sites is 2. The molecule has 0 aromatic heterocycles. The maximum atomic E-state index is 12.4. The molecule has 2 N–H and O–H groups in total. The van der Waals surface area contributed by atoms with Crippen molar-refractivity contribution in [1.82, 2.24) is 10.6 Å². The van der Waals surface area contributed by atoms with Gasteiger partial charge in [0.1, 0.15) is 12.3 Å². The standard InChI is InChI=1S/C17H23N3O3.ClH/c1-11-9-18-8-7-13(11)19-16(21)10-20-14-5-3-4-6-15(14)23-12(2)17(20)22;/h3-6,11-13,18H,7-10H2,1-2H3,(H,19,21);1H. The molecule has 2 heterocycles. The molecule has 0 spiro atoms. The Balaban J connectivity index is 0.00000208. The Bertz CT molecular complexity index is 610. The predicted molar refractivity (Wildman–Crippen MR) is 94.7 cm³/mol. The molecule has 1 fully saturated rings. The number of nitrogens with zero attached hydrogens (tertiary/aromatic N) is 1. The van der Waals surface area contributed by atoms with Gasteiger partial charge in [-0.1, -0.05) is 19.1 Å². The van der Waals surface area contributed by atoms with Crippen molar-refractivity contribution in [3.8, 4) is 5.75 Å². The van der Waals surface area contributed by atoms with Crippen LogP contribution in [0, 0.1) is 5.92 Å². The minimum Gasteiger partial charge on any atom is -0.479 e. The Labute approximate surface area is 148 Å². The lowest BCUT2D eigenvalue weighted by molar-refractivity contribution is -0.128. The van der Waals surface area contributed by atoms with Crippen molar-refractivity contribution in [1.29, 1.82) is 0 Å². The van der Waals surface area contributed by atoms with Gasteiger partial charge < -0.3 is 15.4 Å². The first-order chi connectivity index (χ1) is 11.1. The molecule has 3 atom stereocenters. The van der Waals surface area contributed by atoms with E-state index in [0.29, 0.717) is 17.4 Å². The minimum atomic E-state index is -0.574. The molecule has 0 bridgehead atoms. The quantitative estimate of drug-likeness (QED) is 0.860. The van der Waals surface area contributed by atoms with Crippen molar-refractivity contribution in [3.63, 3.8) is 0 Å². The average molecular weight is 354 g/mol. The molecule has 1 aromatic rings. The number of benzene rings is 1. The number of nitrogens with one attached hydrogen (secondary N) is 2. The summed E-state index contributed by atoms with van der Waals surface area (Å²) in [5, 5.41) is 6.38. The molecule has 3 rings (SSSR count). The van der Waals surface area contributed by atoms with Gasteiger partial charge in [0.05, 0.1) is 5.69 Å². The zero-order valence-electron chi connectivity index (χ0n) is 14.0. The number of anilines is 1. The van der Waals surface area contributed by atoms with Gasteiger partial charge in [-0.25, -0.2) is 0 Å². The summed E-state index contributed by atoms with van der Waals surface area (Å²) in [4.78, 5) is 26.3. The number of carbonyl (C=O) groups excluding carboxylic acids is 2. The molecule has 1 saturated heterocycles. The summed E-state index contributed by atoms with van der Waals surface area (Å²) in [6.07, 6.45) is 0.340. The SMILES string of the molecule is CC1Oc2ccccc2N(CC(=O)NC2CCNCC2C)C1=O.Cl. The molecule has 2 aliphatic rings. The largest absolute Gasteiger partial charge is 0.479 e. The maximum Gasteiger partial charge on any atom is 0.268 e. The summed E-state index contributed by atoms with van der Waals surface area (Å²) in [6, 6.07) is 7.48. The first kappa shape index (κ1) is 18.5. The van der Waals surface area contributed by atoms with E-state index in [0.717, 1.165) is 19.5 Å². The van der Waals surface area contributed by atoms with Gasteiger partial charge in [0.15, 0.2) is 6.10 Å². The number of ether oxygens (including phenoxy) is 1. The highest BCUT2D eigenvalue weighted by Crippen LogP contribution is 2.33. The molecule has 132 valence electrons. The number of amides is 2. The molecular weight excluding hydrogens is 330 g/mol. The Morgan fingerprint density at radius 1 is 1.38 bits per heavy atom. The van der Waals surface area contributed by atoms with E-state index in [1.165, 1.54) is 4.90 Å². The molecule has 3 unspecified atom stereocenters. The smallest absolute Gasteiger partial charge is 0.268 e. The fourth-order valence-corrected chi connectivity index (χ4v) is 3.15. The summed E-state index contributed by atoms with van der Waals surface area (Å²) in [7, 11) is 0. The summed E-state index contributed by atoms with van der Waals surface area (Å²) < 4.78 is 5.59. The molecule has 2 aliphatic heterocycles. The topological polar surface area (TPSA) is 70.7 Å². The van der Waals surface area contributed by atoms with Gasteiger partial charge in [-0.05, 0) is 44.5 Å². The number of carbonyl (C=O) groups is 2. The molecular formula is C17H24ClN3O3.